The molecule has 3 rings (SSSR count). The van der Waals surface area contributed by atoms with E-state index in [1.807, 2.05) is 20.8 Å². The highest BCUT2D eigenvalue weighted by Crippen LogP contribution is 2.27. The zero-order valence-corrected chi connectivity index (χ0v) is 15.1. The Morgan fingerprint density at radius 3 is 2.27 bits per heavy atom. The van der Waals surface area contributed by atoms with E-state index in [-0.39, 0.29) is 11.3 Å². The Bertz CT molecular complexity index is 908. The van der Waals surface area contributed by atoms with Crippen molar-refractivity contribution in [2.75, 3.05) is 7.11 Å². The van der Waals surface area contributed by atoms with Crippen molar-refractivity contribution in [2.24, 2.45) is 0 Å². The molecule has 2 aromatic carbocycles. The van der Waals surface area contributed by atoms with Crippen LogP contribution in [0.2, 0.25) is 0 Å². The maximum atomic E-state index is 12.6. The third kappa shape index (κ3) is 3.74. The number of esters is 1. The van der Waals surface area contributed by atoms with E-state index >= 15 is 0 Å². The molecule has 0 atom stereocenters. The van der Waals surface area contributed by atoms with Crippen LogP contribution >= 0.6 is 0 Å². The van der Waals surface area contributed by atoms with Crippen LogP contribution in [0.15, 0.2) is 53.1 Å². The van der Waals surface area contributed by atoms with Crippen LogP contribution in [-0.4, -0.2) is 23.2 Å². The Labute approximate surface area is 151 Å². The normalized spacial score (nSPS) is 11.2. The molecule has 0 aliphatic carbocycles. The maximum absolute atomic E-state index is 12.6. The summed E-state index contributed by atoms with van der Waals surface area (Å²) in [5, 5.41) is 4.02. The number of carbonyl (C=O) groups is 1. The molecule has 3 aromatic rings. The Balaban J connectivity index is 1.88. The number of nitrogens with zero attached hydrogens (tertiary/aromatic N) is 2. The average molecular weight is 352 g/mol. The molecule has 0 amide bonds. The summed E-state index contributed by atoms with van der Waals surface area (Å²) in [5.74, 6) is 1.47. The second-order valence-corrected chi connectivity index (χ2v) is 6.78. The zero-order valence-electron chi connectivity index (χ0n) is 15.1. The minimum atomic E-state index is -0.499. The summed E-state index contributed by atoms with van der Waals surface area (Å²) in [6.45, 7) is 5.97. The van der Waals surface area contributed by atoms with Crippen molar-refractivity contribution < 1.29 is 18.8 Å². The molecule has 0 fully saturated rings. The highest BCUT2D eigenvalue weighted by atomic mass is 16.5. The largest absolute Gasteiger partial charge is 0.497 e. The van der Waals surface area contributed by atoms with Gasteiger partial charge in [-0.25, -0.2) is 4.79 Å². The van der Waals surface area contributed by atoms with Gasteiger partial charge in [-0.3, -0.25) is 0 Å². The molecule has 1 heterocycles. The van der Waals surface area contributed by atoms with Gasteiger partial charge in [0.1, 0.15) is 11.5 Å². The molecular formula is C20H20N2O4. The quantitative estimate of drug-likeness (QED) is 0.516. The number of benzene rings is 2. The van der Waals surface area contributed by atoms with Gasteiger partial charge in [-0.15, -0.1) is 0 Å². The van der Waals surface area contributed by atoms with Gasteiger partial charge >= 0.3 is 5.97 Å². The molecule has 0 unspecified atom stereocenters. The van der Waals surface area contributed by atoms with Crippen LogP contribution in [0.25, 0.3) is 11.5 Å². The Kier molecular flexibility index (Phi) is 4.75. The van der Waals surface area contributed by atoms with Crippen molar-refractivity contribution in [2.45, 2.75) is 26.2 Å². The van der Waals surface area contributed by atoms with E-state index in [0.29, 0.717) is 28.5 Å². The Hall–Kier alpha value is -3.15. The first-order valence-electron chi connectivity index (χ1n) is 8.18. The first kappa shape index (κ1) is 17.7. The lowest BCUT2D eigenvalue weighted by Crippen LogP contribution is -2.13. The van der Waals surface area contributed by atoms with Gasteiger partial charge in [-0.2, -0.15) is 4.98 Å². The molecule has 1 aromatic heterocycles. The number of hydrogen-bond donors (Lipinski definition) is 0. The molecule has 0 bridgehead atoms. The standard InChI is InChI=1S/C20H20N2O4/c1-20(2,3)19-21-17(26-22-19)15-7-5-6-8-16(15)18(23)25-14-11-9-13(24-4)10-12-14/h5-12H,1-4H3. The third-order valence-electron chi connectivity index (χ3n) is 3.74. The topological polar surface area (TPSA) is 74.5 Å². The summed E-state index contributed by atoms with van der Waals surface area (Å²) in [7, 11) is 1.58. The van der Waals surface area contributed by atoms with Crippen LogP contribution < -0.4 is 9.47 Å². The minimum Gasteiger partial charge on any atom is -0.497 e. The number of methoxy groups -OCH3 is 1. The molecule has 26 heavy (non-hydrogen) atoms. The highest BCUT2D eigenvalue weighted by Gasteiger charge is 2.24. The molecule has 6 nitrogen and oxygen atoms in total. The minimum absolute atomic E-state index is 0.250. The van der Waals surface area contributed by atoms with Crippen molar-refractivity contribution in [3.05, 3.63) is 59.9 Å². The lowest BCUT2D eigenvalue weighted by Gasteiger charge is -2.11. The number of ether oxygens (including phenoxy) is 2. The second-order valence-electron chi connectivity index (χ2n) is 6.78. The fourth-order valence-corrected chi connectivity index (χ4v) is 2.29. The summed E-state index contributed by atoms with van der Waals surface area (Å²) in [4.78, 5) is 17.0. The van der Waals surface area contributed by atoms with Gasteiger partial charge in [0.05, 0.1) is 18.2 Å². The van der Waals surface area contributed by atoms with Crippen LogP contribution in [0.4, 0.5) is 0 Å². The van der Waals surface area contributed by atoms with E-state index in [0.717, 1.165) is 0 Å². The first-order chi connectivity index (χ1) is 12.4. The van der Waals surface area contributed by atoms with Gasteiger partial charge in [0.2, 0.25) is 0 Å². The summed E-state index contributed by atoms with van der Waals surface area (Å²) >= 11 is 0. The van der Waals surface area contributed by atoms with Crippen LogP contribution in [0.3, 0.4) is 0 Å². The van der Waals surface area contributed by atoms with Crippen molar-refractivity contribution in [1.82, 2.24) is 10.1 Å². The van der Waals surface area contributed by atoms with Crippen molar-refractivity contribution in [1.29, 1.82) is 0 Å². The monoisotopic (exact) mass is 352 g/mol. The van der Waals surface area contributed by atoms with Crippen LogP contribution in [0.1, 0.15) is 37.0 Å². The number of aromatic nitrogens is 2. The Morgan fingerprint density at radius 2 is 1.65 bits per heavy atom. The van der Waals surface area contributed by atoms with E-state index in [1.165, 1.54) is 0 Å². The molecule has 6 heteroatoms. The SMILES string of the molecule is COc1ccc(OC(=O)c2ccccc2-c2nc(C(C)(C)C)no2)cc1. The molecule has 0 N–H and O–H groups in total. The van der Waals surface area contributed by atoms with E-state index in [2.05, 4.69) is 10.1 Å². The van der Waals surface area contributed by atoms with E-state index in [4.69, 9.17) is 14.0 Å². The van der Waals surface area contributed by atoms with E-state index < -0.39 is 5.97 Å². The fraction of sp³-hybridized carbons (Fsp3) is 0.250. The molecule has 0 spiro atoms. The molecule has 0 radical (unpaired) electrons. The third-order valence-corrected chi connectivity index (χ3v) is 3.74. The summed E-state index contributed by atoms with van der Waals surface area (Å²) < 4.78 is 15.9. The molecule has 134 valence electrons. The predicted octanol–water partition coefficient (Wildman–Crippen LogP) is 4.26. The van der Waals surface area contributed by atoms with Crippen LogP contribution in [-0.2, 0) is 5.41 Å². The number of rotatable bonds is 4. The zero-order chi connectivity index (χ0) is 18.7. The van der Waals surface area contributed by atoms with E-state index in [1.54, 1.807) is 55.6 Å². The molecule has 0 saturated carbocycles. The van der Waals surface area contributed by atoms with Crippen molar-refractivity contribution >= 4 is 5.97 Å². The van der Waals surface area contributed by atoms with Crippen LogP contribution in [0.5, 0.6) is 11.5 Å². The van der Waals surface area contributed by atoms with E-state index in [9.17, 15) is 4.79 Å². The van der Waals surface area contributed by atoms with Gasteiger partial charge in [0.15, 0.2) is 5.82 Å². The van der Waals surface area contributed by atoms with Gasteiger partial charge in [0, 0.05) is 5.41 Å². The number of carbonyl (C=O) groups excluding carboxylic acids is 1. The molecular weight excluding hydrogens is 332 g/mol. The lowest BCUT2D eigenvalue weighted by molar-refractivity contribution is 0.0735. The van der Waals surface area contributed by atoms with Crippen molar-refractivity contribution in [3.63, 3.8) is 0 Å². The van der Waals surface area contributed by atoms with Gasteiger partial charge < -0.3 is 14.0 Å². The lowest BCUT2D eigenvalue weighted by atomic mass is 9.96. The van der Waals surface area contributed by atoms with Gasteiger partial charge in [0.25, 0.3) is 5.89 Å². The smallest absolute Gasteiger partial charge is 0.344 e. The van der Waals surface area contributed by atoms with Crippen molar-refractivity contribution in [3.8, 4) is 23.0 Å². The summed E-state index contributed by atoms with van der Waals surface area (Å²) in [5.41, 5.74) is 0.641. The van der Waals surface area contributed by atoms with Gasteiger partial charge in [-0.05, 0) is 36.4 Å². The second kappa shape index (κ2) is 7.00. The average Bonchev–Trinajstić information content (AvgIpc) is 3.13. The predicted molar refractivity (Wildman–Crippen MR) is 96.4 cm³/mol. The highest BCUT2D eigenvalue weighted by molar-refractivity contribution is 5.97. The fourth-order valence-electron chi connectivity index (χ4n) is 2.29. The molecule has 0 aliphatic heterocycles. The van der Waals surface area contributed by atoms with Gasteiger partial charge in [-0.1, -0.05) is 38.1 Å². The number of hydrogen-bond acceptors (Lipinski definition) is 6. The first-order valence-corrected chi connectivity index (χ1v) is 8.18. The molecule has 0 aliphatic rings. The van der Waals surface area contributed by atoms with Crippen LogP contribution in [0, 0.1) is 0 Å². The molecule has 0 saturated heterocycles. The summed E-state index contributed by atoms with van der Waals surface area (Å²) in [6, 6.07) is 13.8. The maximum Gasteiger partial charge on any atom is 0.344 e. The Morgan fingerprint density at radius 1 is 1.00 bits per heavy atom. The summed E-state index contributed by atoms with van der Waals surface area (Å²) in [6.07, 6.45) is 0.